The van der Waals surface area contributed by atoms with Crippen molar-refractivity contribution >= 4 is 23.8 Å². The number of hydrogen-bond donors (Lipinski definition) is 2. The zero-order valence-corrected chi connectivity index (χ0v) is 7.34. The minimum absolute atomic E-state index is 0.144. The summed E-state index contributed by atoms with van der Waals surface area (Å²) in [5.74, 6) is -1.42. The van der Waals surface area contributed by atoms with Crippen molar-refractivity contribution in [2.75, 3.05) is 5.32 Å². The number of hydrogen-bond acceptors (Lipinski definition) is 4. The van der Waals surface area contributed by atoms with E-state index in [0.717, 1.165) is 6.07 Å². The molecule has 7 heteroatoms. The van der Waals surface area contributed by atoms with E-state index in [-0.39, 0.29) is 12.1 Å². The number of benzene rings is 1. The van der Waals surface area contributed by atoms with E-state index in [9.17, 15) is 19.7 Å². The van der Waals surface area contributed by atoms with Gasteiger partial charge in [0, 0.05) is 0 Å². The molecular formula is C8H6N2O5. The highest BCUT2D eigenvalue weighted by Crippen LogP contribution is 2.27. The number of nitrogens with zero attached hydrogens (tertiary/aromatic N) is 1. The molecule has 0 saturated carbocycles. The van der Waals surface area contributed by atoms with E-state index in [2.05, 4.69) is 5.32 Å². The number of anilines is 1. The van der Waals surface area contributed by atoms with Crippen molar-refractivity contribution in [3.8, 4) is 0 Å². The number of carboxylic acids is 1. The highest BCUT2D eigenvalue weighted by Gasteiger charge is 2.23. The Hall–Kier alpha value is -2.44. The van der Waals surface area contributed by atoms with Crippen LogP contribution < -0.4 is 5.32 Å². The van der Waals surface area contributed by atoms with Crippen molar-refractivity contribution in [2.24, 2.45) is 0 Å². The van der Waals surface area contributed by atoms with Crippen LogP contribution in [0.1, 0.15) is 10.4 Å². The van der Waals surface area contributed by atoms with Crippen molar-refractivity contribution in [1.82, 2.24) is 0 Å². The Morgan fingerprint density at radius 3 is 2.67 bits per heavy atom. The minimum atomic E-state index is -1.42. The third kappa shape index (κ3) is 2.08. The number of para-hydroxylation sites is 1. The maximum absolute atomic E-state index is 10.7. The van der Waals surface area contributed by atoms with E-state index >= 15 is 0 Å². The topological polar surface area (TPSA) is 110 Å². The van der Waals surface area contributed by atoms with Crippen LogP contribution in [0.4, 0.5) is 11.4 Å². The number of nitro benzene ring substituents is 1. The van der Waals surface area contributed by atoms with Gasteiger partial charge in [-0.05, 0) is 12.1 Å². The summed E-state index contributed by atoms with van der Waals surface area (Å²) in [5.41, 5.74) is -1.24. The van der Waals surface area contributed by atoms with E-state index in [4.69, 9.17) is 5.11 Å². The number of carbonyl (C=O) groups excluding carboxylic acids is 1. The summed E-state index contributed by atoms with van der Waals surface area (Å²) in [5, 5.41) is 21.4. The van der Waals surface area contributed by atoms with E-state index in [0.29, 0.717) is 0 Å². The van der Waals surface area contributed by atoms with Crippen LogP contribution in [0.25, 0.3) is 0 Å². The van der Waals surface area contributed by atoms with Gasteiger partial charge in [0.25, 0.3) is 0 Å². The van der Waals surface area contributed by atoms with Crippen LogP contribution in [0.5, 0.6) is 0 Å². The molecular weight excluding hydrogens is 204 g/mol. The fraction of sp³-hybridized carbons (Fsp3) is 0. The molecule has 1 aromatic carbocycles. The quantitative estimate of drug-likeness (QED) is 0.435. The average molecular weight is 210 g/mol. The molecule has 0 bridgehead atoms. The molecule has 0 saturated heterocycles. The summed E-state index contributed by atoms with van der Waals surface area (Å²) in [6, 6.07) is 3.65. The van der Waals surface area contributed by atoms with E-state index in [1.54, 1.807) is 0 Å². The number of carboxylic acid groups (broad SMARTS) is 1. The maximum Gasteiger partial charge on any atom is 0.342 e. The Balaban J connectivity index is 3.40. The Kier molecular flexibility index (Phi) is 2.97. The second kappa shape index (κ2) is 4.18. The van der Waals surface area contributed by atoms with Gasteiger partial charge in [0.1, 0.15) is 11.3 Å². The first-order valence-corrected chi connectivity index (χ1v) is 3.78. The molecule has 0 atom stereocenters. The van der Waals surface area contributed by atoms with Crippen LogP contribution in [-0.2, 0) is 4.79 Å². The first-order valence-electron chi connectivity index (χ1n) is 3.78. The largest absolute Gasteiger partial charge is 0.477 e. The summed E-state index contributed by atoms with van der Waals surface area (Å²) in [6.07, 6.45) is 0.244. The Morgan fingerprint density at radius 1 is 1.53 bits per heavy atom. The van der Waals surface area contributed by atoms with Gasteiger partial charge >= 0.3 is 11.7 Å². The summed E-state index contributed by atoms with van der Waals surface area (Å²) in [6.45, 7) is 0. The van der Waals surface area contributed by atoms with E-state index in [1.165, 1.54) is 12.1 Å². The Labute approximate surface area is 83.5 Å². The van der Waals surface area contributed by atoms with Crippen molar-refractivity contribution < 1.29 is 19.6 Å². The van der Waals surface area contributed by atoms with Crippen LogP contribution in [0.3, 0.4) is 0 Å². The molecule has 0 aromatic heterocycles. The standard InChI is InChI=1S/C8H6N2O5/c11-4-9-6-3-1-2-5(8(12)13)7(6)10(14)15/h1-4H,(H,9,11)(H,12,13). The van der Waals surface area contributed by atoms with Gasteiger partial charge in [-0.25, -0.2) is 4.79 Å². The smallest absolute Gasteiger partial charge is 0.342 e. The zero-order chi connectivity index (χ0) is 11.4. The molecule has 0 aliphatic rings. The number of amides is 1. The number of carbonyl (C=O) groups is 2. The molecule has 0 aliphatic carbocycles. The van der Waals surface area contributed by atoms with Gasteiger partial charge in [-0.1, -0.05) is 6.07 Å². The highest BCUT2D eigenvalue weighted by atomic mass is 16.6. The second-order valence-electron chi connectivity index (χ2n) is 2.53. The molecule has 0 radical (unpaired) electrons. The normalized spacial score (nSPS) is 9.33. The number of nitrogens with one attached hydrogen (secondary N) is 1. The van der Waals surface area contributed by atoms with Crippen LogP contribution in [0, 0.1) is 10.1 Å². The Morgan fingerprint density at radius 2 is 2.20 bits per heavy atom. The third-order valence-electron chi connectivity index (χ3n) is 1.66. The van der Waals surface area contributed by atoms with E-state index in [1.807, 2.05) is 0 Å². The molecule has 1 amide bonds. The summed E-state index contributed by atoms with van der Waals surface area (Å²) >= 11 is 0. The zero-order valence-electron chi connectivity index (χ0n) is 7.34. The molecule has 0 unspecified atom stereocenters. The molecule has 0 heterocycles. The number of aromatic carboxylic acids is 1. The SMILES string of the molecule is O=CNc1cccc(C(=O)O)c1[N+](=O)[O-]. The van der Waals surface area contributed by atoms with Crippen LogP contribution in [-0.4, -0.2) is 22.4 Å². The van der Waals surface area contributed by atoms with Gasteiger partial charge in [0.2, 0.25) is 6.41 Å². The van der Waals surface area contributed by atoms with Crippen molar-refractivity contribution in [3.63, 3.8) is 0 Å². The van der Waals surface area contributed by atoms with Gasteiger partial charge in [-0.3, -0.25) is 14.9 Å². The van der Waals surface area contributed by atoms with Gasteiger partial charge in [-0.15, -0.1) is 0 Å². The van der Waals surface area contributed by atoms with Crippen molar-refractivity contribution in [3.05, 3.63) is 33.9 Å². The number of nitro groups is 1. The highest BCUT2D eigenvalue weighted by molar-refractivity contribution is 5.96. The lowest BCUT2D eigenvalue weighted by Crippen LogP contribution is -2.06. The molecule has 15 heavy (non-hydrogen) atoms. The summed E-state index contributed by atoms with van der Waals surface area (Å²) in [4.78, 5) is 30.6. The average Bonchev–Trinajstić information content (AvgIpc) is 2.17. The fourth-order valence-corrected chi connectivity index (χ4v) is 1.09. The number of rotatable bonds is 4. The predicted molar refractivity (Wildman–Crippen MR) is 49.7 cm³/mol. The van der Waals surface area contributed by atoms with Gasteiger partial charge in [0.15, 0.2) is 0 Å². The van der Waals surface area contributed by atoms with Crippen LogP contribution in [0.2, 0.25) is 0 Å². The summed E-state index contributed by atoms with van der Waals surface area (Å²) < 4.78 is 0. The monoisotopic (exact) mass is 210 g/mol. The van der Waals surface area contributed by atoms with E-state index < -0.39 is 22.1 Å². The molecule has 1 aromatic rings. The van der Waals surface area contributed by atoms with Crippen LogP contribution >= 0.6 is 0 Å². The lowest BCUT2D eigenvalue weighted by molar-refractivity contribution is -0.384. The van der Waals surface area contributed by atoms with Gasteiger partial charge in [0.05, 0.1) is 4.92 Å². The first kappa shape index (κ1) is 10.6. The molecule has 7 nitrogen and oxygen atoms in total. The fourth-order valence-electron chi connectivity index (χ4n) is 1.09. The molecule has 0 spiro atoms. The summed E-state index contributed by atoms with van der Waals surface area (Å²) in [7, 11) is 0. The molecule has 0 aliphatic heterocycles. The van der Waals surface area contributed by atoms with Gasteiger partial charge in [-0.2, -0.15) is 0 Å². The van der Waals surface area contributed by atoms with Gasteiger partial charge < -0.3 is 10.4 Å². The minimum Gasteiger partial charge on any atom is -0.477 e. The second-order valence-corrected chi connectivity index (χ2v) is 2.53. The molecule has 1 rings (SSSR count). The van der Waals surface area contributed by atoms with Crippen LogP contribution in [0.15, 0.2) is 18.2 Å². The molecule has 78 valence electrons. The van der Waals surface area contributed by atoms with Crippen molar-refractivity contribution in [2.45, 2.75) is 0 Å². The molecule has 2 N–H and O–H groups in total. The lowest BCUT2D eigenvalue weighted by atomic mass is 10.1. The predicted octanol–water partition coefficient (Wildman–Crippen LogP) is 0.861. The molecule has 0 fully saturated rings. The maximum atomic E-state index is 10.7. The first-order chi connectivity index (χ1) is 7.07. The third-order valence-corrected chi connectivity index (χ3v) is 1.66. The Bertz CT molecular complexity index is 429. The van der Waals surface area contributed by atoms with Crippen molar-refractivity contribution in [1.29, 1.82) is 0 Å². The lowest BCUT2D eigenvalue weighted by Gasteiger charge is -2.02.